The van der Waals surface area contributed by atoms with Gasteiger partial charge in [-0.3, -0.25) is 0 Å². The normalized spacial score (nSPS) is 10.4. The molecule has 0 radical (unpaired) electrons. The third-order valence-corrected chi connectivity index (χ3v) is 3.97. The summed E-state index contributed by atoms with van der Waals surface area (Å²) in [5.41, 5.74) is 7.62. The van der Waals surface area contributed by atoms with E-state index in [9.17, 15) is 0 Å². The molecule has 0 aliphatic heterocycles. The number of methoxy groups -OCH3 is 1. The second kappa shape index (κ2) is 6.00. The molecule has 0 aromatic heterocycles. The van der Waals surface area contributed by atoms with Gasteiger partial charge in [-0.2, -0.15) is 0 Å². The van der Waals surface area contributed by atoms with Crippen LogP contribution in [0.3, 0.4) is 0 Å². The molecule has 0 bridgehead atoms. The highest BCUT2D eigenvalue weighted by molar-refractivity contribution is 5.51. The zero-order chi connectivity index (χ0) is 14.7. The predicted octanol–water partition coefficient (Wildman–Crippen LogP) is 4.25. The first kappa shape index (κ1) is 14.4. The van der Waals surface area contributed by atoms with Gasteiger partial charge in [-0.25, -0.2) is 0 Å². The Bertz CT molecular complexity index is 600. The lowest BCUT2D eigenvalue weighted by molar-refractivity contribution is 0.408. The highest BCUT2D eigenvalue weighted by atomic mass is 16.5. The lowest BCUT2D eigenvalue weighted by atomic mass is 9.94. The van der Waals surface area contributed by atoms with Crippen LogP contribution < -0.4 is 10.1 Å². The molecule has 0 saturated heterocycles. The molecule has 106 valence electrons. The van der Waals surface area contributed by atoms with E-state index in [4.69, 9.17) is 4.74 Å². The van der Waals surface area contributed by atoms with Crippen LogP contribution in [0, 0.1) is 20.8 Å². The van der Waals surface area contributed by atoms with Crippen LogP contribution in [-0.2, 0) is 6.42 Å². The van der Waals surface area contributed by atoms with Crippen molar-refractivity contribution >= 4 is 5.69 Å². The van der Waals surface area contributed by atoms with Crippen molar-refractivity contribution in [3.05, 3.63) is 58.1 Å². The van der Waals surface area contributed by atoms with Gasteiger partial charge in [0.25, 0.3) is 0 Å². The summed E-state index contributed by atoms with van der Waals surface area (Å²) in [7, 11) is 3.68. The summed E-state index contributed by atoms with van der Waals surface area (Å²) >= 11 is 0. The maximum atomic E-state index is 5.48. The van der Waals surface area contributed by atoms with Crippen molar-refractivity contribution in [3.63, 3.8) is 0 Å². The van der Waals surface area contributed by atoms with Crippen molar-refractivity contribution in [2.45, 2.75) is 27.2 Å². The molecule has 2 heteroatoms. The molecule has 0 aliphatic carbocycles. The van der Waals surface area contributed by atoms with Gasteiger partial charge in [0.15, 0.2) is 0 Å². The van der Waals surface area contributed by atoms with Crippen LogP contribution in [0.25, 0.3) is 0 Å². The molecule has 2 nitrogen and oxygen atoms in total. The predicted molar refractivity (Wildman–Crippen MR) is 86.0 cm³/mol. The van der Waals surface area contributed by atoms with E-state index in [1.54, 1.807) is 7.11 Å². The lowest BCUT2D eigenvalue weighted by Crippen LogP contribution is -2.00. The Balaban J connectivity index is 2.33. The maximum Gasteiger partial charge on any atom is 0.124 e. The number of anilines is 1. The Hall–Kier alpha value is -1.96. The largest absolute Gasteiger partial charge is 0.496 e. The molecule has 2 aromatic rings. The zero-order valence-electron chi connectivity index (χ0n) is 13.0. The maximum absolute atomic E-state index is 5.48. The quantitative estimate of drug-likeness (QED) is 0.895. The minimum atomic E-state index is 0.960. The van der Waals surface area contributed by atoms with Gasteiger partial charge in [-0.05, 0) is 67.1 Å². The van der Waals surface area contributed by atoms with Gasteiger partial charge in [0.05, 0.1) is 7.11 Å². The van der Waals surface area contributed by atoms with E-state index in [0.29, 0.717) is 0 Å². The van der Waals surface area contributed by atoms with E-state index in [1.165, 1.54) is 27.8 Å². The SMILES string of the molecule is CNc1ccc(Cc2cc(C)c(OC)c(C)c2C)cc1. The monoisotopic (exact) mass is 269 g/mol. The van der Waals surface area contributed by atoms with Crippen molar-refractivity contribution in [2.75, 3.05) is 19.5 Å². The number of aryl methyl sites for hydroxylation is 1. The van der Waals surface area contributed by atoms with Crippen molar-refractivity contribution in [1.29, 1.82) is 0 Å². The Kier molecular flexibility index (Phi) is 4.33. The summed E-state index contributed by atoms with van der Waals surface area (Å²) in [6, 6.07) is 10.8. The highest BCUT2D eigenvalue weighted by Crippen LogP contribution is 2.29. The number of rotatable bonds is 4. The molecular weight excluding hydrogens is 246 g/mol. The van der Waals surface area contributed by atoms with Crippen molar-refractivity contribution in [2.24, 2.45) is 0 Å². The first-order valence-corrected chi connectivity index (χ1v) is 6.97. The number of nitrogens with one attached hydrogen (secondary N) is 1. The van der Waals surface area contributed by atoms with Crippen molar-refractivity contribution in [3.8, 4) is 5.75 Å². The summed E-state index contributed by atoms with van der Waals surface area (Å²) < 4.78 is 5.48. The van der Waals surface area contributed by atoms with Crippen LogP contribution >= 0.6 is 0 Å². The zero-order valence-corrected chi connectivity index (χ0v) is 13.0. The van der Waals surface area contributed by atoms with E-state index >= 15 is 0 Å². The fourth-order valence-electron chi connectivity index (χ4n) is 2.65. The van der Waals surface area contributed by atoms with E-state index in [2.05, 4.69) is 56.4 Å². The van der Waals surface area contributed by atoms with Gasteiger partial charge in [0.1, 0.15) is 5.75 Å². The molecule has 0 spiro atoms. The first-order valence-electron chi connectivity index (χ1n) is 6.97. The second-order valence-electron chi connectivity index (χ2n) is 5.26. The number of ether oxygens (including phenoxy) is 1. The molecule has 0 unspecified atom stereocenters. The molecule has 0 heterocycles. The average molecular weight is 269 g/mol. The van der Waals surface area contributed by atoms with Crippen LogP contribution in [0.1, 0.15) is 27.8 Å². The summed E-state index contributed by atoms with van der Waals surface area (Å²) in [5, 5.41) is 3.15. The first-order chi connectivity index (χ1) is 9.56. The molecule has 0 amide bonds. The molecule has 0 saturated carbocycles. The smallest absolute Gasteiger partial charge is 0.124 e. The highest BCUT2D eigenvalue weighted by Gasteiger charge is 2.10. The van der Waals surface area contributed by atoms with Gasteiger partial charge in [-0.15, -0.1) is 0 Å². The van der Waals surface area contributed by atoms with Gasteiger partial charge in [-0.1, -0.05) is 18.2 Å². The topological polar surface area (TPSA) is 21.3 Å². The van der Waals surface area contributed by atoms with E-state index < -0.39 is 0 Å². The summed E-state index contributed by atoms with van der Waals surface area (Å²) in [6.07, 6.45) is 0.960. The molecule has 0 aliphatic rings. The lowest BCUT2D eigenvalue weighted by Gasteiger charge is -2.16. The van der Waals surface area contributed by atoms with E-state index in [0.717, 1.165) is 17.9 Å². The van der Waals surface area contributed by atoms with Crippen LogP contribution in [0.15, 0.2) is 30.3 Å². The van der Waals surface area contributed by atoms with Gasteiger partial charge in [0.2, 0.25) is 0 Å². The van der Waals surface area contributed by atoms with Gasteiger partial charge in [0, 0.05) is 12.7 Å². The number of hydrogen-bond acceptors (Lipinski definition) is 2. The van der Waals surface area contributed by atoms with Crippen LogP contribution in [0.5, 0.6) is 5.75 Å². The minimum absolute atomic E-state index is 0.960. The van der Waals surface area contributed by atoms with Crippen LogP contribution in [-0.4, -0.2) is 14.2 Å². The number of benzene rings is 2. The molecule has 2 aromatic carbocycles. The third-order valence-electron chi connectivity index (χ3n) is 3.97. The van der Waals surface area contributed by atoms with Gasteiger partial charge < -0.3 is 10.1 Å². The third kappa shape index (κ3) is 2.79. The average Bonchev–Trinajstić information content (AvgIpc) is 2.46. The molecule has 0 atom stereocenters. The van der Waals surface area contributed by atoms with E-state index in [1.807, 2.05) is 7.05 Å². The summed E-state index contributed by atoms with van der Waals surface area (Å²) in [6.45, 7) is 6.42. The molecule has 2 rings (SSSR count). The Morgan fingerprint density at radius 1 is 1.00 bits per heavy atom. The minimum Gasteiger partial charge on any atom is -0.496 e. The van der Waals surface area contributed by atoms with Crippen molar-refractivity contribution in [1.82, 2.24) is 0 Å². The molecular formula is C18H23NO. The Morgan fingerprint density at radius 3 is 2.20 bits per heavy atom. The van der Waals surface area contributed by atoms with Crippen LogP contribution in [0.4, 0.5) is 5.69 Å². The molecule has 1 N–H and O–H groups in total. The Morgan fingerprint density at radius 2 is 1.65 bits per heavy atom. The van der Waals surface area contributed by atoms with Gasteiger partial charge >= 0.3 is 0 Å². The van der Waals surface area contributed by atoms with E-state index in [-0.39, 0.29) is 0 Å². The summed E-state index contributed by atoms with van der Waals surface area (Å²) in [4.78, 5) is 0. The second-order valence-corrected chi connectivity index (χ2v) is 5.26. The molecule has 0 fully saturated rings. The fourth-order valence-corrected chi connectivity index (χ4v) is 2.65. The fraction of sp³-hybridized carbons (Fsp3) is 0.333. The summed E-state index contributed by atoms with van der Waals surface area (Å²) in [5.74, 6) is 1.01. The van der Waals surface area contributed by atoms with Crippen LogP contribution in [0.2, 0.25) is 0 Å². The Labute approximate surface area is 121 Å². The molecule has 20 heavy (non-hydrogen) atoms. The standard InChI is InChI=1S/C18H23NO/c1-12-10-16(13(2)14(3)18(12)20-5)11-15-6-8-17(19-4)9-7-15/h6-10,19H,11H2,1-5H3. The number of hydrogen-bond donors (Lipinski definition) is 1. The van der Waals surface area contributed by atoms with Crippen molar-refractivity contribution < 1.29 is 4.74 Å².